The minimum atomic E-state index is -0.349. The van der Waals surface area contributed by atoms with E-state index in [2.05, 4.69) is 10.4 Å². The summed E-state index contributed by atoms with van der Waals surface area (Å²) in [7, 11) is 0. The third kappa shape index (κ3) is 3.76. The first-order valence-electron chi connectivity index (χ1n) is 6.32. The van der Waals surface area contributed by atoms with Crippen LogP contribution < -0.4 is 11.3 Å². The van der Waals surface area contributed by atoms with Crippen LogP contribution in [0.25, 0.3) is 0 Å². The molecule has 0 bridgehead atoms. The van der Waals surface area contributed by atoms with Crippen LogP contribution in [0.3, 0.4) is 0 Å². The van der Waals surface area contributed by atoms with Crippen molar-refractivity contribution >= 4 is 17.2 Å². The number of hydrogen-bond acceptors (Lipinski definition) is 5. The molecule has 0 aliphatic heterocycles. The summed E-state index contributed by atoms with van der Waals surface area (Å²) in [5.74, 6) is 5.40. The molecule has 6 heteroatoms. The number of carbonyl (C=O) groups is 1. The van der Waals surface area contributed by atoms with Gasteiger partial charge in [-0.3, -0.25) is 10.2 Å². The third-order valence-corrected chi connectivity index (χ3v) is 4.10. The Hall–Kier alpha value is -0.980. The van der Waals surface area contributed by atoms with E-state index in [0.717, 1.165) is 12.3 Å². The van der Waals surface area contributed by atoms with E-state index in [1.807, 2.05) is 5.38 Å². The number of thiazole rings is 1. The highest BCUT2D eigenvalue weighted by Gasteiger charge is 2.14. The predicted octanol–water partition coefficient (Wildman–Crippen LogP) is 1.84. The largest absolute Gasteiger partial charge is 0.375 e. The van der Waals surface area contributed by atoms with Crippen molar-refractivity contribution in [2.75, 3.05) is 6.61 Å². The fraction of sp³-hybridized carbons (Fsp3) is 0.667. The second-order valence-corrected chi connectivity index (χ2v) is 5.49. The Morgan fingerprint density at radius 2 is 2.28 bits per heavy atom. The van der Waals surface area contributed by atoms with Crippen LogP contribution in [0.1, 0.15) is 47.6 Å². The van der Waals surface area contributed by atoms with Gasteiger partial charge in [0.1, 0.15) is 0 Å². The van der Waals surface area contributed by atoms with Gasteiger partial charge >= 0.3 is 0 Å². The third-order valence-electron chi connectivity index (χ3n) is 3.21. The van der Waals surface area contributed by atoms with Crippen LogP contribution in [0.4, 0.5) is 0 Å². The van der Waals surface area contributed by atoms with Crippen LogP contribution in [0.2, 0.25) is 0 Å². The normalized spacial score (nSPS) is 16.7. The zero-order valence-corrected chi connectivity index (χ0v) is 11.2. The van der Waals surface area contributed by atoms with Gasteiger partial charge < -0.3 is 4.74 Å². The molecular weight excluding hydrogens is 250 g/mol. The van der Waals surface area contributed by atoms with Crippen molar-refractivity contribution in [1.29, 1.82) is 0 Å². The van der Waals surface area contributed by atoms with Crippen LogP contribution in [0.15, 0.2) is 5.38 Å². The topological polar surface area (TPSA) is 77.2 Å². The maximum atomic E-state index is 11.2. The summed E-state index contributed by atoms with van der Waals surface area (Å²) in [6.45, 7) is 1.28. The highest BCUT2D eigenvalue weighted by molar-refractivity contribution is 7.11. The SMILES string of the molecule is NNC(=O)c1nc(COCC2CCCCC2)cs1. The molecule has 18 heavy (non-hydrogen) atoms. The number of nitrogens with zero attached hydrogens (tertiary/aromatic N) is 1. The molecule has 1 aromatic heterocycles. The minimum absolute atomic E-state index is 0.349. The summed E-state index contributed by atoms with van der Waals surface area (Å²) in [6.07, 6.45) is 6.56. The molecule has 1 aliphatic carbocycles. The maximum Gasteiger partial charge on any atom is 0.294 e. The maximum absolute atomic E-state index is 11.2. The van der Waals surface area contributed by atoms with Crippen molar-refractivity contribution in [3.05, 3.63) is 16.1 Å². The summed E-state index contributed by atoms with van der Waals surface area (Å²) in [5, 5.41) is 2.22. The number of hydrogen-bond donors (Lipinski definition) is 2. The van der Waals surface area contributed by atoms with Crippen molar-refractivity contribution in [3.63, 3.8) is 0 Å². The van der Waals surface area contributed by atoms with Crippen LogP contribution in [-0.2, 0) is 11.3 Å². The number of nitrogen functional groups attached to an aromatic ring is 1. The van der Waals surface area contributed by atoms with E-state index < -0.39 is 0 Å². The van der Waals surface area contributed by atoms with E-state index in [1.54, 1.807) is 0 Å². The number of amides is 1. The van der Waals surface area contributed by atoms with E-state index in [1.165, 1.54) is 43.4 Å². The zero-order chi connectivity index (χ0) is 12.8. The first kappa shape index (κ1) is 13.5. The van der Waals surface area contributed by atoms with Gasteiger partial charge in [0.25, 0.3) is 5.91 Å². The molecule has 1 saturated carbocycles. The van der Waals surface area contributed by atoms with Crippen molar-refractivity contribution in [3.8, 4) is 0 Å². The van der Waals surface area contributed by atoms with E-state index in [-0.39, 0.29) is 5.91 Å². The number of aromatic nitrogens is 1. The molecule has 0 atom stereocenters. The van der Waals surface area contributed by atoms with E-state index >= 15 is 0 Å². The second kappa shape index (κ2) is 6.82. The number of rotatable bonds is 5. The van der Waals surface area contributed by atoms with Gasteiger partial charge in [0.05, 0.1) is 12.3 Å². The standard InChI is InChI=1S/C12H19N3O2S/c13-15-11(16)12-14-10(8-18-12)7-17-6-9-4-2-1-3-5-9/h8-9H,1-7,13H2,(H,15,16). The molecule has 1 amide bonds. The molecule has 0 unspecified atom stereocenters. The lowest BCUT2D eigenvalue weighted by Gasteiger charge is -2.20. The average Bonchev–Trinajstić information content (AvgIpc) is 2.88. The summed E-state index contributed by atoms with van der Waals surface area (Å²) in [6, 6.07) is 0. The molecule has 1 fully saturated rings. The molecule has 5 nitrogen and oxygen atoms in total. The Morgan fingerprint density at radius 1 is 1.50 bits per heavy atom. The smallest absolute Gasteiger partial charge is 0.294 e. The number of hydrazine groups is 1. The van der Waals surface area contributed by atoms with Gasteiger partial charge in [0.2, 0.25) is 0 Å². The summed E-state index contributed by atoms with van der Waals surface area (Å²) in [5.41, 5.74) is 2.87. The number of carbonyl (C=O) groups excluding carboxylic acids is 1. The number of nitrogens with two attached hydrogens (primary N) is 1. The van der Waals surface area contributed by atoms with Crippen molar-refractivity contribution < 1.29 is 9.53 Å². The molecule has 1 heterocycles. The molecule has 100 valence electrons. The lowest BCUT2D eigenvalue weighted by Crippen LogP contribution is -2.29. The van der Waals surface area contributed by atoms with Gasteiger partial charge in [-0.2, -0.15) is 0 Å². The lowest BCUT2D eigenvalue weighted by molar-refractivity contribution is 0.0721. The van der Waals surface area contributed by atoms with Crippen LogP contribution in [0, 0.1) is 5.92 Å². The van der Waals surface area contributed by atoms with E-state index in [0.29, 0.717) is 17.5 Å². The molecule has 0 aromatic carbocycles. The highest BCUT2D eigenvalue weighted by atomic mass is 32.1. The molecule has 0 spiro atoms. The van der Waals surface area contributed by atoms with Crippen molar-refractivity contribution in [1.82, 2.24) is 10.4 Å². The monoisotopic (exact) mass is 269 g/mol. The van der Waals surface area contributed by atoms with E-state index in [4.69, 9.17) is 10.6 Å². The van der Waals surface area contributed by atoms with Gasteiger partial charge in [0.15, 0.2) is 5.01 Å². The minimum Gasteiger partial charge on any atom is -0.375 e. The Kier molecular flexibility index (Phi) is 5.10. The van der Waals surface area contributed by atoms with Crippen LogP contribution in [-0.4, -0.2) is 17.5 Å². The van der Waals surface area contributed by atoms with E-state index in [9.17, 15) is 4.79 Å². The van der Waals surface area contributed by atoms with Gasteiger partial charge in [-0.1, -0.05) is 19.3 Å². The Labute approximate surface area is 111 Å². The highest BCUT2D eigenvalue weighted by Crippen LogP contribution is 2.24. The second-order valence-electron chi connectivity index (χ2n) is 4.64. The fourth-order valence-electron chi connectivity index (χ4n) is 2.22. The molecule has 2 rings (SSSR count). The van der Waals surface area contributed by atoms with Gasteiger partial charge in [0, 0.05) is 12.0 Å². The zero-order valence-electron chi connectivity index (χ0n) is 10.4. The van der Waals surface area contributed by atoms with Crippen LogP contribution >= 0.6 is 11.3 Å². The molecule has 0 saturated heterocycles. The Bertz CT molecular complexity index is 388. The summed E-state index contributed by atoms with van der Waals surface area (Å²) in [4.78, 5) is 15.4. The molecular formula is C12H19N3O2S. The van der Waals surface area contributed by atoms with Gasteiger partial charge in [-0.15, -0.1) is 11.3 Å². The van der Waals surface area contributed by atoms with Gasteiger partial charge in [-0.25, -0.2) is 10.8 Å². The number of ether oxygens (including phenoxy) is 1. The number of nitrogens with one attached hydrogen (secondary N) is 1. The van der Waals surface area contributed by atoms with Crippen molar-refractivity contribution in [2.45, 2.75) is 38.7 Å². The van der Waals surface area contributed by atoms with Gasteiger partial charge in [-0.05, 0) is 18.8 Å². The average molecular weight is 269 g/mol. The van der Waals surface area contributed by atoms with Crippen molar-refractivity contribution in [2.24, 2.45) is 11.8 Å². The fourth-order valence-corrected chi connectivity index (χ4v) is 2.93. The molecule has 1 aliphatic rings. The quantitative estimate of drug-likeness (QED) is 0.486. The first-order valence-corrected chi connectivity index (χ1v) is 7.20. The Balaban J connectivity index is 1.72. The van der Waals surface area contributed by atoms with Crippen LogP contribution in [0.5, 0.6) is 0 Å². The summed E-state index contributed by atoms with van der Waals surface area (Å²) >= 11 is 1.29. The molecule has 3 N–H and O–H groups in total. The predicted molar refractivity (Wildman–Crippen MR) is 70.0 cm³/mol. The molecule has 0 radical (unpaired) electrons. The molecule has 1 aromatic rings. The first-order chi connectivity index (χ1) is 8.79. The Morgan fingerprint density at radius 3 is 3.00 bits per heavy atom. The lowest BCUT2D eigenvalue weighted by atomic mass is 9.90. The summed E-state index contributed by atoms with van der Waals surface area (Å²) < 4.78 is 5.67.